The van der Waals surface area contributed by atoms with E-state index < -0.39 is 0 Å². The summed E-state index contributed by atoms with van der Waals surface area (Å²) in [5.41, 5.74) is 3.84. The SMILES string of the molecule is O=C(CCCC[C@H]1CCSS1)N[C@@H]1CCCc2c1[nH]c1ccccc21. The first-order chi connectivity index (χ1) is 12.3. The van der Waals surface area contributed by atoms with Gasteiger partial charge in [-0.3, -0.25) is 4.79 Å². The number of aromatic amines is 1. The summed E-state index contributed by atoms with van der Waals surface area (Å²) in [6, 6.07) is 8.64. The Labute approximate surface area is 157 Å². The van der Waals surface area contributed by atoms with E-state index in [1.165, 1.54) is 47.2 Å². The molecule has 2 atom stereocenters. The Kier molecular flexibility index (Phi) is 5.61. The minimum atomic E-state index is 0.158. The standard InChI is InChI=1S/C20H26N2OS2/c23-19(11-4-1-6-14-12-13-24-25-14)21-18-10-5-8-16-15-7-2-3-9-17(15)22-20(16)18/h2-3,7,9,14,18,22H,1,4-6,8,10-13H2,(H,21,23)/t14-,18+/m0/s1. The third kappa shape index (κ3) is 4.03. The first-order valence-corrected chi connectivity index (χ1v) is 11.9. The summed E-state index contributed by atoms with van der Waals surface area (Å²) in [5, 5.41) is 5.43. The average molecular weight is 375 g/mol. The molecule has 0 radical (unpaired) electrons. The number of nitrogens with one attached hydrogen (secondary N) is 2. The van der Waals surface area contributed by atoms with Crippen LogP contribution in [0, 0.1) is 0 Å². The molecule has 1 aliphatic carbocycles. The Hall–Kier alpha value is -1.07. The van der Waals surface area contributed by atoms with E-state index in [2.05, 4.69) is 34.6 Å². The summed E-state index contributed by atoms with van der Waals surface area (Å²) in [6.07, 6.45) is 8.76. The fourth-order valence-electron chi connectivity index (χ4n) is 4.05. The van der Waals surface area contributed by atoms with Crippen LogP contribution in [0.1, 0.15) is 62.2 Å². The molecule has 1 aromatic heterocycles. The second-order valence-corrected chi connectivity index (χ2v) is 9.94. The van der Waals surface area contributed by atoms with Crippen molar-refractivity contribution in [2.45, 2.75) is 62.7 Å². The molecule has 0 bridgehead atoms. The van der Waals surface area contributed by atoms with Crippen molar-refractivity contribution >= 4 is 38.4 Å². The van der Waals surface area contributed by atoms with Crippen LogP contribution < -0.4 is 5.32 Å². The number of fused-ring (bicyclic) bond motifs is 3. The molecule has 5 heteroatoms. The number of unbranched alkanes of at least 4 members (excludes halogenated alkanes) is 1. The van der Waals surface area contributed by atoms with Gasteiger partial charge in [0.2, 0.25) is 5.91 Å². The van der Waals surface area contributed by atoms with Gasteiger partial charge in [-0.15, -0.1) is 0 Å². The van der Waals surface area contributed by atoms with Crippen LogP contribution in [0.15, 0.2) is 24.3 Å². The molecule has 0 spiro atoms. The van der Waals surface area contributed by atoms with Crippen molar-refractivity contribution in [3.05, 3.63) is 35.5 Å². The second kappa shape index (κ2) is 8.09. The highest BCUT2D eigenvalue weighted by Gasteiger charge is 2.25. The molecule has 2 N–H and O–H groups in total. The van der Waals surface area contributed by atoms with Gasteiger partial charge in [0.1, 0.15) is 0 Å². The minimum Gasteiger partial charge on any atom is -0.356 e. The van der Waals surface area contributed by atoms with Crippen LogP contribution in [0.25, 0.3) is 10.9 Å². The van der Waals surface area contributed by atoms with Crippen molar-refractivity contribution in [1.82, 2.24) is 10.3 Å². The number of para-hydroxylation sites is 1. The molecule has 1 aromatic carbocycles. The summed E-state index contributed by atoms with van der Waals surface area (Å²) in [7, 11) is 4.03. The number of carbonyl (C=O) groups excluding carboxylic acids is 1. The maximum absolute atomic E-state index is 12.4. The van der Waals surface area contributed by atoms with Crippen molar-refractivity contribution in [1.29, 1.82) is 0 Å². The van der Waals surface area contributed by atoms with E-state index in [1.807, 2.05) is 21.6 Å². The van der Waals surface area contributed by atoms with Gasteiger partial charge >= 0.3 is 0 Å². The molecule has 3 nitrogen and oxygen atoms in total. The fourth-order valence-corrected chi connectivity index (χ4v) is 7.08. The summed E-state index contributed by atoms with van der Waals surface area (Å²) in [6.45, 7) is 0. The third-order valence-electron chi connectivity index (χ3n) is 5.36. The zero-order valence-electron chi connectivity index (χ0n) is 14.6. The van der Waals surface area contributed by atoms with Crippen LogP contribution >= 0.6 is 21.6 Å². The molecular weight excluding hydrogens is 348 g/mol. The summed E-state index contributed by atoms with van der Waals surface area (Å²) in [4.78, 5) is 16.0. The Morgan fingerprint density at radius 2 is 2.16 bits per heavy atom. The molecule has 2 heterocycles. The van der Waals surface area contributed by atoms with Gasteiger partial charge in [-0.25, -0.2) is 0 Å². The van der Waals surface area contributed by atoms with Gasteiger partial charge in [-0.1, -0.05) is 46.2 Å². The third-order valence-corrected chi connectivity index (χ3v) is 8.36. The molecule has 4 rings (SSSR count). The van der Waals surface area contributed by atoms with Crippen molar-refractivity contribution in [3.8, 4) is 0 Å². The van der Waals surface area contributed by atoms with E-state index in [0.29, 0.717) is 6.42 Å². The van der Waals surface area contributed by atoms with Crippen molar-refractivity contribution < 1.29 is 4.79 Å². The normalized spacial score (nSPS) is 22.9. The van der Waals surface area contributed by atoms with Gasteiger partial charge in [0.05, 0.1) is 6.04 Å². The molecular formula is C20H26N2OS2. The predicted molar refractivity (Wildman–Crippen MR) is 109 cm³/mol. The van der Waals surface area contributed by atoms with E-state index in [1.54, 1.807) is 0 Å². The van der Waals surface area contributed by atoms with E-state index in [9.17, 15) is 4.79 Å². The van der Waals surface area contributed by atoms with E-state index in [-0.39, 0.29) is 11.9 Å². The highest BCUT2D eigenvalue weighted by Crippen LogP contribution is 2.40. The summed E-state index contributed by atoms with van der Waals surface area (Å²) < 4.78 is 0. The molecule has 2 aliphatic rings. The first kappa shape index (κ1) is 17.3. The Morgan fingerprint density at radius 1 is 1.24 bits per heavy atom. The van der Waals surface area contributed by atoms with Gasteiger partial charge in [0.25, 0.3) is 0 Å². The van der Waals surface area contributed by atoms with Gasteiger partial charge < -0.3 is 10.3 Å². The van der Waals surface area contributed by atoms with Crippen molar-refractivity contribution in [3.63, 3.8) is 0 Å². The van der Waals surface area contributed by atoms with Crippen LogP contribution in [0.2, 0.25) is 0 Å². The fraction of sp³-hybridized carbons (Fsp3) is 0.550. The Bertz CT molecular complexity index is 736. The number of benzene rings is 1. The average Bonchev–Trinajstić information content (AvgIpc) is 3.27. The number of aryl methyl sites for hydroxylation is 1. The second-order valence-electron chi connectivity index (χ2n) is 7.15. The number of rotatable bonds is 6. The topological polar surface area (TPSA) is 44.9 Å². The molecule has 1 aliphatic heterocycles. The van der Waals surface area contributed by atoms with Crippen LogP contribution in [0.4, 0.5) is 0 Å². The van der Waals surface area contributed by atoms with Crippen molar-refractivity contribution in [2.75, 3.05) is 5.75 Å². The van der Waals surface area contributed by atoms with Gasteiger partial charge in [0, 0.05) is 34.0 Å². The van der Waals surface area contributed by atoms with Gasteiger partial charge in [-0.2, -0.15) is 0 Å². The van der Waals surface area contributed by atoms with Crippen LogP contribution in [-0.2, 0) is 11.2 Å². The predicted octanol–water partition coefficient (Wildman–Crippen LogP) is 5.38. The molecule has 1 amide bonds. The monoisotopic (exact) mass is 374 g/mol. The maximum Gasteiger partial charge on any atom is 0.220 e. The lowest BCUT2D eigenvalue weighted by Crippen LogP contribution is -2.30. The van der Waals surface area contributed by atoms with Gasteiger partial charge in [0.15, 0.2) is 0 Å². The van der Waals surface area contributed by atoms with E-state index in [0.717, 1.165) is 30.9 Å². The number of hydrogen-bond acceptors (Lipinski definition) is 3. The zero-order chi connectivity index (χ0) is 17.1. The van der Waals surface area contributed by atoms with Crippen LogP contribution in [0.5, 0.6) is 0 Å². The molecule has 1 saturated heterocycles. The molecule has 0 saturated carbocycles. The lowest BCUT2D eigenvalue weighted by molar-refractivity contribution is -0.122. The van der Waals surface area contributed by atoms with E-state index in [4.69, 9.17) is 0 Å². The highest BCUT2D eigenvalue weighted by molar-refractivity contribution is 8.77. The smallest absolute Gasteiger partial charge is 0.220 e. The Balaban J connectivity index is 1.31. The lowest BCUT2D eigenvalue weighted by Gasteiger charge is -2.24. The highest BCUT2D eigenvalue weighted by atomic mass is 33.1. The number of hydrogen-bond donors (Lipinski definition) is 2. The van der Waals surface area contributed by atoms with E-state index >= 15 is 0 Å². The molecule has 0 unspecified atom stereocenters. The zero-order valence-corrected chi connectivity index (χ0v) is 16.2. The molecule has 2 aromatic rings. The lowest BCUT2D eigenvalue weighted by atomic mass is 9.91. The number of carbonyl (C=O) groups is 1. The number of H-pyrrole nitrogens is 1. The molecule has 25 heavy (non-hydrogen) atoms. The molecule has 134 valence electrons. The maximum atomic E-state index is 12.4. The number of amides is 1. The van der Waals surface area contributed by atoms with Crippen molar-refractivity contribution in [2.24, 2.45) is 0 Å². The quantitative estimate of drug-likeness (QED) is 0.527. The van der Waals surface area contributed by atoms with Crippen LogP contribution in [0.3, 0.4) is 0 Å². The summed E-state index contributed by atoms with van der Waals surface area (Å²) >= 11 is 0. The first-order valence-electron chi connectivity index (χ1n) is 9.48. The molecule has 1 fully saturated rings. The minimum absolute atomic E-state index is 0.158. The summed E-state index contributed by atoms with van der Waals surface area (Å²) in [5.74, 6) is 1.51. The van der Waals surface area contributed by atoms with Crippen LogP contribution in [-0.4, -0.2) is 21.9 Å². The van der Waals surface area contributed by atoms with Gasteiger partial charge in [-0.05, 0) is 50.2 Å². The Morgan fingerprint density at radius 3 is 3.04 bits per heavy atom. The largest absolute Gasteiger partial charge is 0.356 e. The number of aromatic nitrogens is 1.